The average molecular weight is 304 g/mol. The van der Waals surface area contributed by atoms with Crippen LogP contribution in [0, 0.1) is 0 Å². The summed E-state index contributed by atoms with van der Waals surface area (Å²) in [6.45, 7) is 1.20. The molecule has 120 valence electrons. The van der Waals surface area contributed by atoms with Crippen LogP contribution >= 0.6 is 0 Å². The number of methoxy groups -OCH3 is 1. The lowest BCUT2D eigenvalue weighted by molar-refractivity contribution is -0.156. The summed E-state index contributed by atoms with van der Waals surface area (Å²) in [5.74, 6) is -0.0127. The zero-order chi connectivity index (χ0) is 15.5. The number of hydrogen-bond acceptors (Lipinski definition) is 4. The molecule has 1 aliphatic carbocycles. The maximum absolute atomic E-state index is 12.9. The van der Waals surface area contributed by atoms with Crippen LogP contribution in [0.15, 0.2) is 30.3 Å². The number of amides is 1. The SMILES string of the molecule is COC1CCC2OCCN(C(=O)C(N)c3ccccc3)C2C1. The summed E-state index contributed by atoms with van der Waals surface area (Å²) in [6, 6.07) is 9.02. The molecular formula is C17H24N2O3. The summed E-state index contributed by atoms with van der Waals surface area (Å²) in [4.78, 5) is 14.8. The van der Waals surface area contributed by atoms with Gasteiger partial charge >= 0.3 is 0 Å². The van der Waals surface area contributed by atoms with Crippen LogP contribution in [0.5, 0.6) is 0 Å². The molecule has 5 nitrogen and oxygen atoms in total. The molecule has 22 heavy (non-hydrogen) atoms. The van der Waals surface area contributed by atoms with Crippen LogP contribution in [0.4, 0.5) is 0 Å². The Balaban J connectivity index is 1.75. The lowest BCUT2D eigenvalue weighted by atomic mass is 9.87. The summed E-state index contributed by atoms with van der Waals surface area (Å²) < 4.78 is 11.3. The molecule has 1 amide bonds. The van der Waals surface area contributed by atoms with Crippen molar-refractivity contribution in [3.63, 3.8) is 0 Å². The van der Waals surface area contributed by atoms with Crippen molar-refractivity contribution < 1.29 is 14.3 Å². The van der Waals surface area contributed by atoms with Crippen LogP contribution in [0.1, 0.15) is 30.9 Å². The summed E-state index contributed by atoms with van der Waals surface area (Å²) in [7, 11) is 1.73. The Bertz CT molecular complexity index is 508. The van der Waals surface area contributed by atoms with Crippen LogP contribution in [0.2, 0.25) is 0 Å². The van der Waals surface area contributed by atoms with E-state index < -0.39 is 6.04 Å². The zero-order valence-corrected chi connectivity index (χ0v) is 13.0. The Kier molecular flexibility index (Phi) is 4.76. The van der Waals surface area contributed by atoms with Crippen molar-refractivity contribution in [3.05, 3.63) is 35.9 Å². The van der Waals surface area contributed by atoms with Crippen molar-refractivity contribution in [1.29, 1.82) is 0 Å². The molecular weight excluding hydrogens is 280 g/mol. The lowest BCUT2D eigenvalue weighted by Crippen LogP contribution is -2.58. The lowest BCUT2D eigenvalue weighted by Gasteiger charge is -2.46. The van der Waals surface area contributed by atoms with Gasteiger partial charge in [0.25, 0.3) is 0 Å². The van der Waals surface area contributed by atoms with Crippen molar-refractivity contribution in [2.75, 3.05) is 20.3 Å². The highest BCUT2D eigenvalue weighted by molar-refractivity contribution is 5.83. The summed E-state index contributed by atoms with van der Waals surface area (Å²) in [5, 5.41) is 0. The number of benzene rings is 1. The standard InChI is InChI=1S/C17H24N2O3/c1-21-13-7-8-15-14(11-13)19(9-10-22-15)17(20)16(18)12-5-3-2-4-6-12/h2-6,13-16H,7-11,18H2,1H3. The number of carbonyl (C=O) groups excluding carboxylic acids is 1. The maximum Gasteiger partial charge on any atom is 0.244 e. The van der Waals surface area contributed by atoms with Crippen molar-refractivity contribution >= 4 is 5.91 Å². The fourth-order valence-electron chi connectivity index (χ4n) is 3.54. The van der Waals surface area contributed by atoms with E-state index in [2.05, 4.69) is 0 Å². The van der Waals surface area contributed by atoms with Crippen LogP contribution in [-0.2, 0) is 14.3 Å². The van der Waals surface area contributed by atoms with E-state index in [-0.39, 0.29) is 24.2 Å². The molecule has 4 atom stereocenters. The molecule has 2 N–H and O–H groups in total. The first-order chi connectivity index (χ1) is 10.7. The molecule has 1 aromatic rings. The molecule has 1 saturated carbocycles. The number of ether oxygens (including phenoxy) is 2. The predicted octanol–water partition coefficient (Wildman–Crippen LogP) is 1.48. The summed E-state index contributed by atoms with van der Waals surface area (Å²) >= 11 is 0. The number of morpholine rings is 1. The molecule has 1 aromatic carbocycles. The van der Waals surface area contributed by atoms with Gasteiger partial charge in [0.05, 0.1) is 24.9 Å². The molecule has 0 spiro atoms. The van der Waals surface area contributed by atoms with E-state index in [4.69, 9.17) is 15.2 Å². The molecule has 1 saturated heterocycles. The minimum atomic E-state index is -0.608. The van der Waals surface area contributed by atoms with E-state index in [1.165, 1.54) is 0 Å². The minimum absolute atomic E-state index is 0.0127. The molecule has 4 unspecified atom stereocenters. The summed E-state index contributed by atoms with van der Waals surface area (Å²) in [5.41, 5.74) is 7.05. The van der Waals surface area contributed by atoms with Gasteiger partial charge in [0.2, 0.25) is 5.91 Å². The molecule has 1 heterocycles. The number of hydrogen-bond donors (Lipinski definition) is 1. The van der Waals surface area contributed by atoms with Gasteiger partial charge in [0.15, 0.2) is 0 Å². The molecule has 3 rings (SSSR count). The Morgan fingerprint density at radius 3 is 2.86 bits per heavy atom. The first-order valence-electron chi connectivity index (χ1n) is 7.96. The monoisotopic (exact) mass is 304 g/mol. The van der Waals surface area contributed by atoms with Crippen molar-refractivity contribution in [1.82, 2.24) is 4.90 Å². The third-order valence-corrected chi connectivity index (χ3v) is 4.81. The van der Waals surface area contributed by atoms with Crippen molar-refractivity contribution in [3.8, 4) is 0 Å². The van der Waals surface area contributed by atoms with Gasteiger partial charge in [0, 0.05) is 13.7 Å². The smallest absolute Gasteiger partial charge is 0.244 e. The highest BCUT2D eigenvalue weighted by Gasteiger charge is 2.41. The topological polar surface area (TPSA) is 64.8 Å². The molecule has 2 fully saturated rings. The Labute approximate surface area is 131 Å². The van der Waals surface area contributed by atoms with E-state index in [1.807, 2.05) is 35.2 Å². The largest absolute Gasteiger partial charge is 0.381 e. The third kappa shape index (κ3) is 3.02. The fourth-order valence-corrected chi connectivity index (χ4v) is 3.54. The van der Waals surface area contributed by atoms with Gasteiger partial charge in [-0.15, -0.1) is 0 Å². The van der Waals surface area contributed by atoms with Gasteiger partial charge in [-0.05, 0) is 24.8 Å². The van der Waals surface area contributed by atoms with Crippen molar-refractivity contribution in [2.45, 2.75) is 43.6 Å². The second-order valence-corrected chi connectivity index (χ2v) is 6.07. The fraction of sp³-hybridized carbons (Fsp3) is 0.588. The molecule has 1 aliphatic heterocycles. The van der Waals surface area contributed by atoms with E-state index in [1.54, 1.807) is 7.11 Å². The molecule has 0 bridgehead atoms. The Morgan fingerprint density at radius 1 is 1.36 bits per heavy atom. The van der Waals surface area contributed by atoms with Crippen LogP contribution in [0.25, 0.3) is 0 Å². The molecule has 0 aromatic heterocycles. The van der Waals surface area contributed by atoms with Gasteiger partial charge in [-0.1, -0.05) is 30.3 Å². The highest BCUT2D eigenvalue weighted by atomic mass is 16.5. The number of nitrogens with two attached hydrogens (primary N) is 1. The highest BCUT2D eigenvalue weighted by Crippen LogP contribution is 2.31. The van der Waals surface area contributed by atoms with Crippen LogP contribution in [0.3, 0.4) is 0 Å². The van der Waals surface area contributed by atoms with E-state index >= 15 is 0 Å². The normalized spacial score (nSPS) is 29.7. The second-order valence-electron chi connectivity index (χ2n) is 6.07. The second kappa shape index (κ2) is 6.77. The van der Waals surface area contributed by atoms with Gasteiger partial charge in [-0.3, -0.25) is 4.79 Å². The van der Waals surface area contributed by atoms with Gasteiger partial charge in [-0.2, -0.15) is 0 Å². The number of carbonyl (C=O) groups is 1. The third-order valence-electron chi connectivity index (χ3n) is 4.81. The zero-order valence-electron chi connectivity index (χ0n) is 13.0. The summed E-state index contributed by atoms with van der Waals surface area (Å²) in [6.07, 6.45) is 3.07. The first-order valence-corrected chi connectivity index (χ1v) is 7.96. The number of rotatable bonds is 3. The molecule has 5 heteroatoms. The van der Waals surface area contributed by atoms with Crippen LogP contribution < -0.4 is 5.73 Å². The van der Waals surface area contributed by atoms with Gasteiger partial charge in [-0.25, -0.2) is 0 Å². The minimum Gasteiger partial charge on any atom is -0.381 e. The quantitative estimate of drug-likeness (QED) is 0.918. The first kappa shape index (κ1) is 15.5. The maximum atomic E-state index is 12.9. The number of nitrogens with zero attached hydrogens (tertiary/aromatic N) is 1. The van der Waals surface area contributed by atoms with E-state index in [0.29, 0.717) is 13.2 Å². The van der Waals surface area contributed by atoms with Gasteiger partial charge < -0.3 is 20.1 Å². The molecule has 0 radical (unpaired) electrons. The van der Waals surface area contributed by atoms with Crippen LogP contribution in [-0.4, -0.2) is 49.3 Å². The van der Waals surface area contributed by atoms with Gasteiger partial charge in [0.1, 0.15) is 6.04 Å². The van der Waals surface area contributed by atoms with E-state index in [9.17, 15) is 4.79 Å². The molecule has 2 aliphatic rings. The predicted molar refractivity (Wildman–Crippen MR) is 83.3 cm³/mol. The Hall–Kier alpha value is -1.43. The number of fused-ring (bicyclic) bond motifs is 1. The van der Waals surface area contributed by atoms with Crippen molar-refractivity contribution in [2.24, 2.45) is 5.73 Å². The van der Waals surface area contributed by atoms with E-state index in [0.717, 1.165) is 24.8 Å². The Morgan fingerprint density at radius 2 is 2.14 bits per heavy atom. The average Bonchev–Trinajstić information content (AvgIpc) is 2.60.